The van der Waals surface area contributed by atoms with Crippen molar-refractivity contribution in [3.05, 3.63) is 29.8 Å². The lowest BCUT2D eigenvalue weighted by Crippen LogP contribution is -2.42. The van der Waals surface area contributed by atoms with Crippen LogP contribution in [0.25, 0.3) is 0 Å². The maximum Gasteiger partial charge on any atom is 0.271 e. The summed E-state index contributed by atoms with van der Waals surface area (Å²) in [5.41, 5.74) is -0.368. The highest BCUT2D eigenvalue weighted by atomic mass is 32.2. The van der Waals surface area contributed by atoms with Gasteiger partial charge >= 0.3 is 0 Å². The zero-order valence-corrected chi connectivity index (χ0v) is 13.9. The van der Waals surface area contributed by atoms with E-state index < -0.39 is 33.4 Å². The molecule has 2 amide bonds. The number of hydrazone groups is 1. The molecule has 0 aromatic heterocycles. The SMILES string of the molecule is O=C(Nc1cc(F)ccc1F)C1=NN([C@H]2CCS(=O)(=O)C2)C(=O)CC1. The third-order valence-electron chi connectivity index (χ3n) is 4.05. The first-order valence-electron chi connectivity index (χ1n) is 7.61. The van der Waals surface area contributed by atoms with Gasteiger partial charge in [-0.25, -0.2) is 22.2 Å². The van der Waals surface area contributed by atoms with Gasteiger partial charge in [0.1, 0.15) is 17.3 Å². The molecule has 2 aliphatic rings. The average molecular weight is 371 g/mol. The predicted molar refractivity (Wildman–Crippen MR) is 85.6 cm³/mol. The number of benzene rings is 1. The standard InChI is InChI=1S/C15H15F2N3O4S/c16-9-1-2-11(17)13(7-9)18-15(22)12-3-4-14(21)20(19-12)10-5-6-25(23,24)8-10/h1-2,7,10H,3-6,8H2,(H,18,22)/t10-/m0/s1. The van der Waals surface area contributed by atoms with Crippen molar-refractivity contribution in [3.8, 4) is 0 Å². The molecule has 0 saturated carbocycles. The van der Waals surface area contributed by atoms with Crippen LogP contribution in [0.4, 0.5) is 14.5 Å². The minimum Gasteiger partial charge on any atom is -0.318 e. The first kappa shape index (κ1) is 17.5. The van der Waals surface area contributed by atoms with Crippen LogP contribution in [-0.4, -0.2) is 48.5 Å². The molecule has 0 aliphatic carbocycles. The molecule has 1 fully saturated rings. The van der Waals surface area contributed by atoms with Gasteiger partial charge in [-0.1, -0.05) is 0 Å². The van der Waals surface area contributed by atoms with Crippen molar-refractivity contribution in [1.29, 1.82) is 0 Å². The summed E-state index contributed by atoms with van der Waals surface area (Å²) in [4.78, 5) is 24.2. The molecule has 7 nitrogen and oxygen atoms in total. The number of nitrogens with one attached hydrogen (secondary N) is 1. The van der Waals surface area contributed by atoms with E-state index in [0.717, 1.165) is 23.2 Å². The normalized spacial score (nSPS) is 22.6. The van der Waals surface area contributed by atoms with Gasteiger partial charge in [-0.3, -0.25) is 9.59 Å². The zero-order valence-electron chi connectivity index (χ0n) is 13.0. The molecular formula is C15H15F2N3O4S. The predicted octanol–water partition coefficient (Wildman–Crippen LogP) is 1.07. The number of halogens is 2. The molecule has 3 rings (SSSR count). The van der Waals surface area contributed by atoms with Crippen LogP contribution < -0.4 is 5.32 Å². The van der Waals surface area contributed by atoms with Crippen LogP contribution in [0.2, 0.25) is 0 Å². The van der Waals surface area contributed by atoms with Crippen LogP contribution in [0, 0.1) is 11.6 Å². The van der Waals surface area contributed by atoms with Gasteiger partial charge in [-0.2, -0.15) is 5.10 Å². The van der Waals surface area contributed by atoms with Crippen molar-refractivity contribution in [2.24, 2.45) is 5.10 Å². The Morgan fingerprint density at radius 3 is 2.72 bits per heavy atom. The van der Waals surface area contributed by atoms with Gasteiger partial charge in [-0.15, -0.1) is 0 Å². The molecule has 134 valence electrons. The molecule has 1 N–H and O–H groups in total. The first-order valence-corrected chi connectivity index (χ1v) is 9.44. The third kappa shape index (κ3) is 3.84. The number of carbonyl (C=O) groups excluding carboxylic acids is 2. The van der Waals surface area contributed by atoms with Gasteiger partial charge in [0.05, 0.1) is 23.2 Å². The Labute approximate surface area is 142 Å². The van der Waals surface area contributed by atoms with E-state index in [2.05, 4.69) is 10.4 Å². The van der Waals surface area contributed by atoms with Crippen molar-refractivity contribution in [1.82, 2.24) is 5.01 Å². The summed E-state index contributed by atoms with van der Waals surface area (Å²) in [6.07, 6.45) is 0.289. The van der Waals surface area contributed by atoms with E-state index in [1.54, 1.807) is 0 Å². The number of sulfone groups is 1. The number of nitrogens with zero attached hydrogens (tertiary/aromatic N) is 2. The minimum absolute atomic E-state index is 0.00552. The summed E-state index contributed by atoms with van der Waals surface area (Å²) in [6.45, 7) is 0. The summed E-state index contributed by atoms with van der Waals surface area (Å²) < 4.78 is 49.9. The summed E-state index contributed by atoms with van der Waals surface area (Å²) in [7, 11) is -3.22. The highest BCUT2D eigenvalue weighted by Crippen LogP contribution is 2.23. The fourth-order valence-corrected chi connectivity index (χ4v) is 4.47. The zero-order chi connectivity index (χ0) is 18.2. The fraction of sp³-hybridized carbons (Fsp3) is 0.400. The molecule has 1 atom stereocenters. The van der Waals surface area contributed by atoms with Gasteiger partial charge in [0.25, 0.3) is 5.91 Å². The van der Waals surface area contributed by atoms with Crippen molar-refractivity contribution in [2.45, 2.75) is 25.3 Å². The molecule has 2 aliphatic heterocycles. The van der Waals surface area contributed by atoms with Gasteiger partial charge in [0.2, 0.25) is 5.91 Å². The van der Waals surface area contributed by atoms with E-state index in [9.17, 15) is 26.8 Å². The molecule has 0 unspecified atom stereocenters. The number of hydrogen-bond acceptors (Lipinski definition) is 5. The Balaban J connectivity index is 1.79. The monoisotopic (exact) mass is 371 g/mol. The van der Waals surface area contributed by atoms with Crippen LogP contribution in [-0.2, 0) is 19.4 Å². The van der Waals surface area contributed by atoms with E-state index in [-0.39, 0.29) is 48.1 Å². The quantitative estimate of drug-likeness (QED) is 0.860. The van der Waals surface area contributed by atoms with Gasteiger partial charge < -0.3 is 5.32 Å². The van der Waals surface area contributed by atoms with Crippen molar-refractivity contribution in [2.75, 3.05) is 16.8 Å². The number of rotatable bonds is 3. The van der Waals surface area contributed by atoms with E-state index in [0.29, 0.717) is 0 Å². The van der Waals surface area contributed by atoms with Crippen molar-refractivity contribution in [3.63, 3.8) is 0 Å². The first-order chi connectivity index (χ1) is 11.7. The highest BCUT2D eigenvalue weighted by molar-refractivity contribution is 7.91. The van der Waals surface area contributed by atoms with E-state index in [1.807, 2.05) is 0 Å². The van der Waals surface area contributed by atoms with Crippen molar-refractivity contribution < 1.29 is 26.8 Å². The Morgan fingerprint density at radius 1 is 1.28 bits per heavy atom. The van der Waals surface area contributed by atoms with Gasteiger partial charge in [0, 0.05) is 18.9 Å². The molecule has 1 saturated heterocycles. The summed E-state index contributed by atoms with van der Waals surface area (Å²) in [6, 6.07) is 2.03. The second kappa shape index (κ2) is 6.51. The number of carbonyl (C=O) groups is 2. The summed E-state index contributed by atoms with van der Waals surface area (Å²) in [5.74, 6) is -2.88. The Morgan fingerprint density at radius 2 is 2.04 bits per heavy atom. The molecule has 1 aromatic rings. The molecule has 0 spiro atoms. The average Bonchev–Trinajstić information content (AvgIpc) is 2.91. The Kier molecular flexibility index (Phi) is 4.55. The Bertz CT molecular complexity index is 870. The van der Waals surface area contributed by atoms with E-state index in [4.69, 9.17) is 0 Å². The maximum atomic E-state index is 13.6. The second-order valence-electron chi connectivity index (χ2n) is 5.92. The van der Waals surface area contributed by atoms with E-state index >= 15 is 0 Å². The lowest BCUT2D eigenvalue weighted by molar-refractivity contribution is -0.133. The lowest BCUT2D eigenvalue weighted by atomic mass is 10.1. The number of amides is 2. The smallest absolute Gasteiger partial charge is 0.271 e. The summed E-state index contributed by atoms with van der Waals surface area (Å²) in [5, 5.41) is 7.22. The van der Waals surface area contributed by atoms with Crippen LogP contribution in [0.15, 0.2) is 23.3 Å². The molecule has 1 aromatic carbocycles. The molecule has 10 heteroatoms. The lowest BCUT2D eigenvalue weighted by Gasteiger charge is -2.27. The highest BCUT2D eigenvalue weighted by Gasteiger charge is 2.37. The van der Waals surface area contributed by atoms with Crippen LogP contribution in [0.1, 0.15) is 19.3 Å². The maximum absolute atomic E-state index is 13.6. The topological polar surface area (TPSA) is 95.9 Å². The molecular weight excluding hydrogens is 356 g/mol. The molecule has 2 heterocycles. The second-order valence-corrected chi connectivity index (χ2v) is 8.15. The van der Waals surface area contributed by atoms with Gasteiger partial charge in [-0.05, 0) is 18.6 Å². The van der Waals surface area contributed by atoms with Crippen LogP contribution in [0.5, 0.6) is 0 Å². The Hall–Kier alpha value is -2.36. The summed E-state index contributed by atoms with van der Waals surface area (Å²) >= 11 is 0. The molecule has 0 bridgehead atoms. The van der Waals surface area contributed by atoms with Crippen LogP contribution in [0.3, 0.4) is 0 Å². The third-order valence-corrected chi connectivity index (χ3v) is 5.80. The van der Waals surface area contributed by atoms with Crippen molar-refractivity contribution >= 4 is 33.1 Å². The minimum atomic E-state index is -3.22. The van der Waals surface area contributed by atoms with Crippen LogP contribution >= 0.6 is 0 Å². The number of hydrogen-bond donors (Lipinski definition) is 1. The number of anilines is 1. The molecule has 0 radical (unpaired) electrons. The van der Waals surface area contributed by atoms with E-state index in [1.165, 1.54) is 0 Å². The van der Waals surface area contributed by atoms with Gasteiger partial charge in [0.15, 0.2) is 9.84 Å². The largest absolute Gasteiger partial charge is 0.318 e. The molecule has 25 heavy (non-hydrogen) atoms. The fourth-order valence-electron chi connectivity index (χ4n) is 2.78.